The molecule has 0 fully saturated rings. The van der Waals surface area contributed by atoms with Gasteiger partial charge in [0.05, 0.1) is 17.2 Å². The molecule has 2 N–H and O–H groups in total. The molecule has 0 unspecified atom stereocenters. The maximum atomic E-state index is 12.8. The zero-order valence-electron chi connectivity index (χ0n) is 10.8. The molecule has 6 heteroatoms. The molecule has 0 radical (unpaired) electrons. The lowest BCUT2D eigenvalue weighted by atomic mass is 10.1. The van der Waals surface area contributed by atoms with Crippen molar-refractivity contribution in [3.63, 3.8) is 0 Å². The summed E-state index contributed by atoms with van der Waals surface area (Å²) >= 11 is 0. The van der Waals surface area contributed by atoms with Crippen LogP contribution in [-0.4, -0.2) is 0 Å². The second kappa shape index (κ2) is 5.85. The van der Waals surface area contributed by atoms with Gasteiger partial charge in [0.2, 0.25) is 0 Å². The maximum Gasteiger partial charge on any atom is 0.417 e. The Morgan fingerprint density at radius 2 is 1.67 bits per heavy atom. The van der Waals surface area contributed by atoms with E-state index < -0.39 is 17.3 Å². The summed E-state index contributed by atoms with van der Waals surface area (Å²) in [4.78, 5) is 0. The number of hydrogen-bond donors (Lipinski definition) is 1. The van der Waals surface area contributed by atoms with Gasteiger partial charge < -0.3 is 10.5 Å². The van der Waals surface area contributed by atoms with Crippen LogP contribution in [-0.2, 0) is 12.7 Å². The Kier molecular flexibility index (Phi) is 4.15. The molecule has 0 saturated carbocycles. The number of halogens is 3. The van der Waals surface area contributed by atoms with Gasteiger partial charge in [0, 0.05) is 6.54 Å². The molecule has 3 nitrogen and oxygen atoms in total. The van der Waals surface area contributed by atoms with Gasteiger partial charge in [-0.1, -0.05) is 12.1 Å². The molecular formula is C15H11F3N2O. The minimum Gasteiger partial charge on any atom is -0.457 e. The largest absolute Gasteiger partial charge is 0.457 e. The average molecular weight is 292 g/mol. The molecule has 2 aromatic carbocycles. The first kappa shape index (κ1) is 14.9. The van der Waals surface area contributed by atoms with E-state index in [1.807, 2.05) is 0 Å². The van der Waals surface area contributed by atoms with Gasteiger partial charge in [-0.05, 0) is 35.9 Å². The standard InChI is InChI=1S/C15H11F3N2O/c16-15(17,18)14-7-13(6-3-11(14)9-20)21-12-4-1-10(8-19)2-5-12/h1-7H,8,19H2. The third-order valence-corrected chi connectivity index (χ3v) is 2.81. The lowest BCUT2D eigenvalue weighted by Gasteiger charge is -2.12. The molecule has 0 heterocycles. The van der Waals surface area contributed by atoms with Crippen molar-refractivity contribution in [2.24, 2.45) is 5.73 Å². The summed E-state index contributed by atoms with van der Waals surface area (Å²) < 4.78 is 43.9. The van der Waals surface area contributed by atoms with Crippen LogP contribution in [0.3, 0.4) is 0 Å². The van der Waals surface area contributed by atoms with Crippen molar-refractivity contribution in [3.05, 3.63) is 59.2 Å². The molecule has 0 aliphatic carbocycles. The van der Waals surface area contributed by atoms with Gasteiger partial charge >= 0.3 is 6.18 Å². The Morgan fingerprint density at radius 3 is 2.19 bits per heavy atom. The van der Waals surface area contributed by atoms with Crippen molar-refractivity contribution >= 4 is 0 Å². The van der Waals surface area contributed by atoms with E-state index in [1.54, 1.807) is 24.3 Å². The number of ether oxygens (including phenoxy) is 1. The van der Waals surface area contributed by atoms with Crippen molar-refractivity contribution in [1.82, 2.24) is 0 Å². The summed E-state index contributed by atoms with van der Waals surface area (Å²) in [5.41, 5.74) is 4.89. The lowest BCUT2D eigenvalue weighted by molar-refractivity contribution is -0.137. The fraction of sp³-hybridized carbons (Fsp3) is 0.133. The highest BCUT2D eigenvalue weighted by molar-refractivity contribution is 5.45. The van der Waals surface area contributed by atoms with Gasteiger partial charge in [-0.3, -0.25) is 0 Å². The van der Waals surface area contributed by atoms with E-state index in [1.165, 1.54) is 12.1 Å². The zero-order chi connectivity index (χ0) is 15.5. The van der Waals surface area contributed by atoms with Gasteiger partial charge in [0.1, 0.15) is 11.5 Å². The fourth-order valence-corrected chi connectivity index (χ4v) is 1.75. The van der Waals surface area contributed by atoms with Crippen LogP contribution < -0.4 is 10.5 Å². The van der Waals surface area contributed by atoms with E-state index in [0.717, 1.165) is 17.7 Å². The van der Waals surface area contributed by atoms with E-state index >= 15 is 0 Å². The summed E-state index contributed by atoms with van der Waals surface area (Å²) in [5, 5.41) is 8.72. The normalized spacial score (nSPS) is 11.0. The molecule has 2 aromatic rings. The Balaban J connectivity index is 2.30. The van der Waals surface area contributed by atoms with Crippen molar-refractivity contribution in [3.8, 4) is 17.6 Å². The molecule has 2 rings (SSSR count). The number of rotatable bonds is 3. The van der Waals surface area contributed by atoms with Crippen LogP contribution >= 0.6 is 0 Å². The van der Waals surface area contributed by atoms with Crippen molar-refractivity contribution in [2.75, 3.05) is 0 Å². The van der Waals surface area contributed by atoms with Crippen LogP contribution in [0.4, 0.5) is 13.2 Å². The first-order chi connectivity index (χ1) is 9.94. The number of benzene rings is 2. The van der Waals surface area contributed by atoms with Gasteiger partial charge in [-0.15, -0.1) is 0 Å². The van der Waals surface area contributed by atoms with Crippen LogP contribution in [0.1, 0.15) is 16.7 Å². The summed E-state index contributed by atoms with van der Waals surface area (Å²) in [6.07, 6.45) is -4.60. The highest BCUT2D eigenvalue weighted by Gasteiger charge is 2.34. The molecule has 0 atom stereocenters. The summed E-state index contributed by atoms with van der Waals surface area (Å²) in [6.45, 7) is 0.370. The quantitative estimate of drug-likeness (QED) is 0.935. The van der Waals surface area contributed by atoms with Crippen molar-refractivity contribution in [1.29, 1.82) is 5.26 Å². The fourth-order valence-electron chi connectivity index (χ4n) is 1.75. The Hall–Kier alpha value is -2.52. The Bertz CT molecular complexity index is 673. The highest BCUT2D eigenvalue weighted by Crippen LogP contribution is 2.35. The van der Waals surface area contributed by atoms with Crippen LogP contribution in [0, 0.1) is 11.3 Å². The molecular weight excluding hydrogens is 281 g/mol. The Morgan fingerprint density at radius 1 is 1.05 bits per heavy atom. The predicted molar refractivity (Wildman–Crippen MR) is 70.6 cm³/mol. The minimum atomic E-state index is -4.60. The number of nitrogens with zero attached hydrogens (tertiary/aromatic N) is 1. The van der Waals surface area contributed by atoms with Gasteiger partial charge in [0.25, 0.3) is 0 Å². The number of nitriles is 1. The first-order valence-corrected chi connectivity index (χ1v) is 6.02. The third kappa shape index (κ3) is 3.52. The zero-order valence-corrected chi connectivity index (χ0v) is 10.8. The van der Waals surface area contributed by atoms with Crippen LogP contribution in [0.5, 0.6) is 11.5 Å². The molecule has 0 aliphatic rings. The molecule has 108 valence electrons. The van der Waals surface area contributed by atoms with E-state index in [9.17, 15) is 13.2 Å². The van der Waals surface area contributed by atoms with Crippen LogP contribution in [0.15, 0.2) is 42.5 Å². The summed E-state index contributed by atoms with van der Waals surface area (Å²) in [5.74, 6) is 0.409. The van der Waals surface area contributed by atoms with E-state index in [4.69, 9.17) is 15.7 Å². The van der Waals surface area contributed by atoms with Crippen LogP contribution in [0.25, 0.3) is 0 Å². The number of hydrogen-bond acceptors (Lipinski definition) is 3. The molecule has 0 aliphatic heterocycles. The maximum absolute atomic E-state index is 12.8. The second-order valence-corrected chi connectivity index (χ2v) is 4.27. The molecule has 0 amide bonds. The SMILES string of the molecule is N#Cc1ccc(Oc2ccc(CN)cc2)cc1C(F)(F)F. The molecule has 0 saturated heterocycles. The topological polar surface area (TPSA) is 59.0 Å². The highest BCUT2D eigenvalue weighted by atomic mass is 19.4. The first-order valence-electron chi connectivity index (χ1n) is 6.02. The average Bonchev–Trinajstić information content (AvgIpc) is 2.47. The molecule has 0 aromatic heterocycles. The van der Waals surface area contributed by atoms with Gasteiger partial charge in [-0.2, -0.15) is 18.4 Å². The summed E-state index contributed by atoms with van der Waals surface area (Å²) in [6, 6.07) is 11.4. The van der Waals surface area contributed by atoms with Crippen molar-refractivity contribution < 1.29 is 17.9 Å². The number of nitrogens with two attached hydrogens (primary N) is 1. The smallest absolute Gasteiger partial charge is 0.417 e. The van der Waals surface area contributed by atoms with E-state index in [0.29, 0.717) is 12.3 Å². The van der Waals surface area contributed by atoms with Crippen molar-refractivity contribution in [2.45, 2.75) is 12.7 Å². The lowest BCUT2D eigenvalue weighted by Crippen LogP contribution is -2.07. The number of alkyl halides is 3. The minimum absolute atomic E-state index is 0.0156. The third-order valence-electron chi connectivity index (χ3n) is 2.81. The molecule has 0 bridgehead atoms. The second-order valence-electron chi connectivity index (χ2n) is 4.27. The molecule has 21 heavy (non-hydrogen) atoms. The van der Waals surface area contributed by atoms with E-state index in [-0.39, 0.29) is 5.75 Å². The summed E-state index contributed by atoms with van der Waals surface area (Å²) in [7, 11) is 0. The van der Waals surface area contributed by atoms with Crippen LogP contribution in [0.2, 0.25) is 0 Å². The van der Waals surface area contributed by atoms with Gasteiger partial charge in [-0.25, -0.2) is 0 Å². The van der Waals surface area contributed by atoms with Gasteiger partial charge in [0.15, 0.2) is 0 Å². The predicted octanol–water partition coefficient (Wildman–Crippen LogP) is 3.83. The Labute approximate surface area is 119 Å². The monoisotopic (exact) mass is 292 g/mol. The van der Waals surface area contributed by atoms with E-state index in [2.05, 4.69) is 0 Å². The molecule has 0 spiro atoms.